The molecular weight excluding hydrogens is 284 g/mol. The summed E-state index contributed by atoms with van der Waals surface area (Å²) in [6.07, 6.45) is 4.58. The molecule has 0 amide bonds. The van der Waals surface area contributed by atoms with Gasteiger partial charge in [-0.3, -0.25) is 0 Å². The third-order valence-electron chi connectivity index (χ3n) is 4.46. The van der Waals surface area contributed by atoms with Gasteiger partial charge in [0.2, 0.25) is 5.75 Å². The average Bonchev–Trinajstić information content (AvgIpc) is 3.32. The third-order valence-corrected chi connectivity index (χ3v) is 4.46. The first-order chi connectivity index (χ1) is 10.7. The Labute approximate surface area is 131 Å². The van der Waals surface area contributed by atoms with Crippen molar-refractivity contribution in [3.05, 3.63) is 17.7 Å². The van der Waals surface area contributed by atoms with Gasteiger partial charge in [-0.25, -0.2) is 0 Å². The van der Waals surface area contributed by atoms with Crippen molar-refractivity contribution in [1.82, 2.24) is 0 Å². The predicted molar refractivity (Wildman–Crippen MR) is 81.8 cm³/mol. The molecule has 0 N–H and O–H groups in total. The van der Waals surface area contributed by atoms with E-state index in [1.54, 1.807) is 21.3 Å². The predicted octanol–water partition coefficient (Wildman–Crippen LogP) is 2.80. The van der Waals surface area contributed by atoms with E-state index in [4.69, 9.17) is 23.7 Å². The highest BCUT2D eigenvalue weighted by atomic mass is 16.6. The quantitative estimate of drug-likeness (QED) is 0.725. The van der Waals surface area contributed by atoms with Gasteiger partial charge in [0.25, 0.3) is 0 Å². The average molecular weight is 308 g/mol. The molecule has 5 heteroatoms. The number of fused-ring (bicyclic) bond motifs is 1. The van der Waals surface area contributed by atoms with Crippen molar-refractivity contribution >= 4 is 0 Å². The van der Waals surface area contributed by atoms with Gasteiger partial charge in [-0.1, -0.05) is 0 Å². The molecule has 0 bridgehead atoms. The van der Waals surface area contributed by atoms with Crippen LogP contribution < -0.4 is 14.2 Å². The van der Waals surface area contributed by atoms with Crippen molar-refractivity contribution in [2.45, 2.75) is 38.1 Å². The van der Waals surface area contributed by atoms with E-state index < -0.39 is 0 Å². The molecule has 1 aromatic rings. The number of hydrogen-bond acceptors (Lipinski definition) is 5. The lowest BCUT2D eigenvalue weighted by molar-refractivity contribution is 0.0763. The Morgan fingerprint density at radius 2 is 1.73 bits per heavy atom. The van der Waals surface area contributed by atoms with Crippen LogP contribution in [0.2, 0.25) is 0 Å². The van der Waals surface area contributed by atoms with E-state index in [1.807, 2.05) is 12.1 Å². The molecule has 1 saturated carbocycles. The van der Waals surface area contributed by atoms with Crippen LogP contribution in [-0.4, -0.2) is 40.1 Å². The third kappa shape index (κ3) is 3.31. The van der Waals surface area contributed by atoms with Crippen LogP contribution in [0.5, 0.6) is 17.2 Å². The maximum absolute atomic E-state index is 5.89. The highest BCUT2D eigenvalue weighted by molar-refractivity contribution is 5.53. The molecule has 1 heterocycles. The van der Waals surface area contributed by atoms with Crippen LogP contribution in [0.15, 0.2) is 12.1 Å². The zero-order valence-electron chi connectivity index (χ0n) is 13.5. The first-order valence-electron chi connectivity index (χ1n) is 7.77. The van der Waals surface area contributed by atoms with E-state index >= 15 is 0 Å². The molecule has 5 nitrogen and oxygen atoms in total. The van der Waals surface area contributed by atoms with E-state index in [-0.39, 0.29) is 0 Å². The molecule has 2 fully saturated rings. The minimum Gasteiger partial charge on any atom is -0.493 e. The molecule has 1 aliphatic heterocycles. The Balaban J connectivity index is 1.57. The van der Waals surface area contributed by atoms with E-state index in [9.17, 15) is 0 Å². The Hall–Kier alpha value is -1.46. The van der Waals surface area contributed by atoms with Crippen molar-refractivity contribution in [3.63, 3.8) is 0 Å². The van der Waals surface area contributed by atoms with E-state index in [2.05, 4.69) is 0 Å². The van der Waals surface area contributed by atoms with Gasteiger partial charge in [0.05, 0.1) is 40.1 Å². The Morgan fingerprint density at radius 3 is 2.32 bits per heavy atom. The molecule has 3 rings (SSSR count). The second kappa shape index (κ2) is 6.75. The number of hydrogen-bond donors (Lipinski definition) is 0. The van der Waals surface area contributed by atoms with Crippen LogP contribution in [0, 0.1) is 5.92 Å². The number of epoxide rings is 1. The molecule has 1 aromatic carbocycles. The minimum atomic E-state index is 0.503. The van der Waals surface area contributed by atoms with Crippen LogP contribution >= 0.6 is 0 Å². The fourth-order valence-corrected chi connectivity index (χ4v) is 3.20. The number of ether oxygens (including phenoxy) is 5. The highest BCUT2D eigenvalue weighted by Gasteiger charge is 2.43. The maximum atomic E-state index is 5.89. The fraction of sp³-hybridized carbons (Fsp3) is 0.647. The van der Waals surface area contributed by atoms with Crippen molar-refractivity contribution in [2.75, 3.05) is 27.9 Å². The molecule has 0 spiro atoms. The van der Waals surface area contributed by atoms with Gasteiger partial charge in [-0.05, 0) is 42.9 Å². The van der Waals surface area contributed by atoms with Crippen LogP contribution in [0.4, 0.5) is 0 Å². The van der Waals surface area contributed by atoms with Gasteiger partial charge >= 0.3 is 0 Å². The first kappa shape index (κ1) is 15.4. The smallest absolute Gasteiger partial charge is 0.203 e. The molecule has 1 saturated heterocycles. The SMILES string of the molecule is COc1cc(COCC2CCC3OC3C2)cc(OC)c1OC. The number of methoxy groups -OCH3 is 3. The Bertz CT molecular complexity index is 491. The standard InChI is InChI=1S/C17H24O5/c1-18-15-7-12(8-16(19-2)17(15)20-3)10-21-9-11-4-5-13-14(6-11)22-13/h7-8,11,13-14H,4-6,9-10H2,1-3H3. The summed E-state index contributed by atoms with van der Waals surface area (Å²) in [5.41, 5.74) is 1.02. The monoisotopic (exact) mass is 308 g/mol. The first-order valence-corrected chi connectivity index (χ1v) is 7.77. The van der Waals surface area contributed by atoms with Crippen LogP contribution in [0.25, 0.3) is 0 Å². The Kier molecular flexibility index (Phi) is 4.74. The maximum Gasteiger partial charge on any atom is 0.203 e. The summed E-state index contributed by atoms with van der Waals surface area (Å²) in [5, 5.41) is 0. The lowest BCUT2D eigenvalue weighted by Crippen LogP contribution is -2.18. The van der Waals surface area contributed by atoms with E-state index in [0.717, 1.165) is 18.6 Å². The van der Waals surface area contributed by atoms with E-state index in [0.29, 0.717) is 42.0 Å². The second-order valence-electron chi connectivity index (χ2n) is 5.94. The lowest BCUT2D eigenvalue weighted by Gasteiger charge is -2.19. The van der Waals surface area contributed by atoms with Crippen LogP contribution in [0.3, 0.4) is 0 Å². The summed E-state index contributed by atoms with van der Waals surface area (Å²) < 4.78 is 27.5. The number of benzene rings is 1. The van der Waals surface area contributed by atoms with Crippen molar-refractivity contribution in [1.29, 1.82) is 0 Å². The summed E-state index contributed by atoms with van der Waals surface area (Å²) in [7, 11) is 4.85. The molecule has 22 heavy (non-hydrogen) atoms. The van der Waals surface area contributed by atoms with Gasteiger partial charge < -0.3 is 23.7 Å². The van der Waals surface area contributed by atoms with Gasteiger partial charge in [-0.15, -0.1) is 0 Å². The normalized spacial score (nSPS) is 26.2. The van der Waals surface area contributed by atoms with E-state index in [1.165, 1.54) is 12.8 Å². The summed E-state index contributed by atoms with van der Waals surface area (Å²) in [5.74, 6) is 2.54. The van der Waals surface area contributed by atoms with Gasteiger partial charge in [0.15, 0.2) is 11.5 Å². The molecule has 3 unspecified atom stereocenters. The second-order valence-corrected chi connectivity index (χ2v) is 5.94. The molecular formula is C17H24O5. The van der Waals surface area contributed by atoms with Crippen LogP contribution in [-0.2, 0) is 16.1 Å². The summed E-state index contributed by atoms with van der Waals surface area (Å²) in [4.78, 5) is 0. The van der Waals surface area contributed by atoms with Gasteiger partial charge in [0.1, 0.15) is 0 Å². The minimum absolute atomic E-state index is 0.503. The Morgan fingerprint density at radius 1 is 1.00 bits per heavy atom. The summed E-state index contributed by atoms with van der Waals surface area (Å²) in [6.45, 7) is 1.32. The molecule has 122 valence electrons. The van der Waals surface area contributed by atoms with Crippen molar-refractivity contribution in [2.24, 2.45) is 5.92 Å². The van der Waals surface area contributed by atoms with Crippen molar-refractivity contribution < 1.29 is 23.7 Å². The van der Waals surface area contributed by atoms with Gasteiger partial charge in [0, 0.05) is 6.61 Å². The topological polar surface area (TPSA) is 49.5 Å². The highest BCUT2D eigenvalue weighted by Crippen LogP contribution is 2.40. The zero-order chi connectivity index (χ0) is 15.5. The molecule has 1 aliphatic carbocycles. The fourth-order valence-electron chi connectivity index (χ4n) is 3.20. The van der Waals surface area contributed by atoms with Crippen LogP contribution in [0.1, 0.15) is 24.8 Å². The lowest BCUT2D eigenvalue weighted by atomic mass is 9.90. The number of rotatable bonds is 7. The molecule has 2 aliphatic rings. The summed E-state index contributed by atoms with van der Waals surface area (Å²) >= 11 is 0. The van der Waals surface area contributed by atoms with Gasteiger partial charge in [-0.2, -0.15) is 0 Å². The zero-order valence-corrected chi connectivity index (χ0v) is 13.5. The van der Waals surface area contributed by atoms with Crippen molar-refractivity contribution in [3.8, 4) is 17.2 Å². The molecule has 3 atom stereocenters. The molecule has 0 aromatic heterocycles. The molecule has 0 radical (unpaired) electrons. The largest absolute Gasteiger partial charge is 0.493 e. The summed E-state index contributed by atoms with van der Waals surface area (Å²) in [6, 6.07) is 3.87.